The molecule has 0 saturated heterocycles. The zero-order chi connectivity index (χ0) is 16.9. The van der Waals surface area contributed by atoms with Gasteiger partial charge in [0.25, 0.3) is 0 Å². The molecule has 2 heterocycles. The predicted molar refractivity (Wildman–Crippen MR) is 101 cm³/mol. The lowest BCUT2D eigenvalue weighted by atomic mass is 10.2. The van der Waals surface area contributed by atoms with Crippen LogP contribution in [0.4, 0.5) is 0 Å². The van der Waals surface area contributed by atoms with E-state index in [0.717, 1.165) is 37.8 Å². The number of nitrogens with zero attached hydrogens (tertiary/aromatic N) is 2. The maximum absolute atomic E-state index is 11.0. The Balaban J connectivity index is 1.58. The van der Waals surface area contributed by atoms with Gasteiger partial charge < -0.3 is 5.73 Å². The van der Waals surface area contributed by atoms with Crippen molar-refractivity contribution in [3.63, 3.8) is 0 Å². The highest BCUT2D eigenvalue weighted by Gasteiger charge is 2.11. The van der Waals surface area contributed by atoms with Crippen molar-refractivity contribution in [1.82, 2.24) is 9.97 Å². The largest absolute Gasteiger partial charge is 0.369 e. The first-order valence-electron chi connectivity index (χ1n) is 7.45. The Morgan fingerprint density at radius 2 is 2.04 bits per heavy atom. The van der Waals surface area contributed by atoms with Crippen LogP contribution in [0.3, 0.4) is 0 Å². The topological polar surface area (TPSA) is 68.9 Å². The van der Waals surface area contributed by atoms with Crippen molar-refractivity contribution in [3.05, 3.63) is 62.5 Å². The maximum atomic E-state index is 11.0. The van der Waals surface area contributed by atoms with Gasteiger partial charge in [-0.2, -0.15) is 0 Å². The SMILES string of the molecule is Cc1nc(SCc2csc(Cc3ccccc3)n2)sc1CC(N)=O. The molecule has 0 atom stereocenters. The lowest BCUT2D eigenvalue weighted by molar-refractivity contribution is -0.117. The van der Waals surface area contributed by atoms with E-state index in [1.807, 2.05) is 25.1 Å². The van der Waals surface area contributed by atoms with Crippen molar-refractivity contribution in [3.8, 4) is 0 Å². The van der Waals surface area contributed by atoms with Crippen molar-refractivity contribution in [2.24, 2.45) is 5.73 Å². The lowest BCUT2D eigenvalue weighted by Gasteiger charge is -1.96. The van der Waals surface area contributed by atoms with Crippen molar-refractivity contribution < 1.29 is 4.79 Å². The van der Waals surface area contributed by atoms with Gasteiger partial charge in [-0.1, -0.05) is 42.1 Å². The molecule has 0 bridgehead atoms. The zero-order valence-corrected chi connectivity index (χ0v) is 15.6. The fourth-order valence-electron chi connectivity index (χ4n) is 2.19. The third-order valence-electron chi connectivity index (χ3n) is 3.35. The number of aromatic nitrogens is 2. The first kappa shape index (κ1) is 17.1. The summed E-state index contributed by atoms with van der Waals surface area (Å²) < 4.78 is 0.960. The Morgan fingerprint density at radius 1 is 1.25 bits per heavy atom. The number of primary amides is 1. The smallest absolute Gasteiger partial charge is 0.222 e. The third-order valence-corrected chi connectivity index (χ3v) is 6.58. The van der Waals surface area contributed by atoms with Crippen molar-refractivity contribution >= 4 is 40.3 Å². The normalized spacial score (nSPS) is 10.9. The van der Waals surface area contributed by atoms with Gasteiger partial charge in [-0.3, -0.25) is 4.79 Å². The van der Waals surface area contributed by atoms with Gasteiger partial charge in [-0.15, -0.1) is 22.7 Å². The molecule has 24 heavy (non-hydrogen) atoms. The van der Waals surface area contributed by atoms with Crippen LogP contribution >= 0.6 is 34.4 Å². The van der Waals surface area contributed by atoms with Crippen molar-refractivity contribution in [1.29, 1.82) is 0 Å². The highest BCUT2D eigenvalue weighted by atomic mass is 32.2. The molecule has 2 N–H and O–H groups in total. The summed E-state index contributed by atoms with van der Waals surface area (Å²) >= 11 is 4.89. The van der Waals surface area contributed by atoms with E-state index in [4.69, 9.17) is 10.7 Å². The number of nitrogens with two attached hydrogens (primary N) is 1. The van der Waals surface area contributed by atoms with Gasteiger partial charge in [0.15, 0.2) is 4.34 Å². The molecule has 0 unspecified atom stereocenters. The monoisotopic (exact) mass is 375 g/mol. The molecule has 4 nitrogen and oxygen atoms in total. The molecular formula is C17H17N3OS3. The number of aryl methyl sites for hydroxylation is 1. The molecule has 0 aliphatic heterocycles. The zero-order valence-electron chi connectivity index (χ0n) is 13.2. The summed E-state index contributed by atoms with van der Waals surface area (Å²) in [5.41, 5.74) is 8.50. The summed E-state index contributed by atoms with van der Waals surface area (Å²) in [4.78, 5) is 21.2. The summed E-state index contributed by atoms with van der Waals surface area (Å²) in [6.45, 7) is 1.92. The fraction of sp³-hybridized carbons (Fsp3) is 0.235. The number of thioether (sulfide) groups is 1. The standard InChI is InChI=1S/C17H17N3OS3/c1-11-14(8-15(18)21)24-17(19-11)23-10-13-9-22-16(20-13)7-12-5-3-2-4-6-12/h2-6,9H,7-8,10H2,1H3,(H2,18,21). The van der Waals surface area contributed by atoms with E-state index in [1.54, 1.807) is 34.4 Å². The summed E-state index contributed by atoms with van der Waals surface area (Å²) in [5, 5.41) is 3.23. The molecule has 0 saturated carbocycles. The molecule has 0 spiro atoms. The number of amides is 1. The molecule has 0 fully saturated rings. The fourth-order valence-corrected chi connectivity index (χ4v) is 5.26. The lowest BCUT2D eigenvalue weighted by Crippen LogP contribution is -2.13. The molecule has 0 aliphatic carbocycles. The van der Waals surface area contributed by atoms with Gasteiger partial charge in [0.2, 0.25) is 5.91 Å². The second-order valence-corrected chi connectivity index (χ2v) is 8.56. The van der Waals surface area contributed by atoms with E-state index in [0.29, 0.717) is 0 Å². The second-order valence-electron chi connectivity index (χ2n) is 5.32. The minimum absolute atomic E-state index is 0.266. The Bertz CT molecular complexity index is 827. The maximum Gasteiger partial charge on any atom is 0.222 e. The van der Waals surface area contributed by atoms with Gasteiger partial charge in [0.1, 0.15) is 0 Å². The van der Waals surface area contributed by atoms with Crippen LogP contribution in [0.5, 0.6) is 0 Å². The van der Waals surface area contributed by atoms with E-state index < -0.39 is 0 Å². The van der Waals surface area contributed by atoms with E-state index >= 15 is 0 Å². The van der Waals surface area contributed by atoms with E-state index in [1.165, 1.54) is 5.56 Å². The number of carbonyl (C=O) groups is 1. The Labute approximate surface area is 153 Å². The van der Waals surface area contributed by atoms with Crippen LogP contribution in [0.1, 0.15) is 26.8 Å². The number of hydrogen-bond acceptors (Lipinski definition) is 6. The summed E-state index contributed by atoms with van der Waals surface area (Å²) in [5.74, 6) is 0.470. The van der Waals surface area contributed by atoms with Gasteiger partial charge in [-0.05, 0) is 12.5 Å². The van der Waals surface area contributed by atoms with E-state index in [2.05, 4.69) is 22.5 Å². The molecule has 0 radical (unpaired) electrons. The molecule has 3 rings (SSSR count). The van der Waals surface area contributed by atoms with Crippen molar-refractivity contribution in [2.45, 2.75) is 29.9 Å². The first-order chi connectivity index (χ1) is 11.6. The molecule has 124 valence electrons. The van der Waals surface area contributed by atoms with Crippen LogP contribution in [-0.2, 0) is 23.4 Å². The van der Waals surface area contributed by atoms with Crippen LogP contribution in [0, 0.1) is 6.92 Å². The Kier molecular flexibility index (Phi) is 5.65. The highest BCUT2D eigenvalue weighted by molar-refractivity contribution is 8.00. The van der Waals surface area contributed by atoms with Crippen molar-refractivity contribution in [2.75, 3.05) is 0 Å². The van der Waals surface area contributed by atoms with E-state index in [-0.39, 0.29) is 12.3 Å². The second kappa shape index (κ2) is 7.92. The number of rotatable bonds is 7. The molecule has 7 heteroatoms. The average Bonchev–Trinajstić information content (AvgIpc) is 3.13. The number of benzene rings is 1. The predicted octanol–water partition coefficient (Wildman–Crippen LogP) is 3.82. The van der Waals surface area contributed by atoms with Gasteiger partial charge in [0, 0.05) is 22.4 Å². The Hall–Kier alpha value is -1.70. The third kappa shape index (κ3) is 4.66. The van der Waals surface area contributed by atoms with Crippen LogP contribution in [0.15, 0.2) is 40.1 Å². The van der Waals surface area contributed by atoms with Gasteiger partial charge >= 0.3 is 0 Å². The number of thiazole rings is 2. The molecular weight excluding hydrogens is 358 g/mol. The Morgan fingerprint density at radius 3 is 2.79 bits per heavy atom. The first-order valence-corrected chi connectivity index (χ1v) is 10.1. The minimum atomic E-state index is -0.316. The molecule has 1 aromatic carbocycles. The summed E-state index contributed by atoms with van der Waals surface area (Å²) in [7, 11) is 0. The quantitative estimate of drug-likeness (QED) is 0.638. The highest BCUT2D eigenvalue weighted by Crippen LogP contribution is 2.30. The van der Waals surface area contributed by atoms with Crippen LogP contribution in [-0.4, -0.2) is 15.9 Å². The molecule has 0 aliphatic rings. The molecule has 2 aromatic heterocycles. The molecule has 3 aromatic rings. The number of carbonyl (C=O) groups excluding carboxylic acids is 1. The van der Waals surface area contributed by atoms with Crippen LogP contribution in [0.2, 0.25) is 0 Å². The summed E-state index contributed by atoms with van der Waals surface area (Å²) in [6.07, 6.45) is 1.14. The van der Waals surface area contributed by atoms with Crippen LogP contribution in [0.25, 0.3) is 0 Å². The number of hydrogen-bond donors (Lipinski definition) is 1. The molecule has 1 amide bonds. The summed E-state index contributed by atoms with van der Waals surface area (Å²) in [6, 6.07) is 10.4. The minimum Gasteiger partial charge on any atom is -0.369 e. The van der Waals surface area contributed by atoms with Gasteiger partial charge in [0.05, 0.1) is 22.8 Å². The average molecular weight is 376 g/mol. The van der Waals surface area contributed by atoms with Gasteiger partial charge in [-0.25, -0.2) is 9.97 Å². The van der Waals surface area contributed by atoms with Crippen LogP contribution < -0.4 is 5.73 Å². The van der Waals surface area contributed by atoms with E-state index in [9.17, 15) is 4.79 Å².